The van der Waals surface area contributed by atoms with E-state index >= 15 is 0 Å². The number of anilines is 2. The highest BCUT2D eigenvalue weighted by Gasteiger charge is 2.33. The van der Waals surface area contributed by atoms with Crippen LogP contribution in [0.4, 0.5) is 24.9 Å². The Hall–Kier alpha value is -2.09. The number of alkyl halides is 3. The molecule has 0 spiro atoms. The molecule has 0 aliphatic heterocycles. The Bertz CT molecular complexity index is 565. The molecule has 2 aromatic rings. The van der Waals surface area contributed by atoms with E-state index in [0.717, 1.165) is 6.07 Å². The van der Waals surface area contributed by atoms with E-state index in [-0.39, 0.29) is 17.6 Å². The van der Waals surface area contributed by atoms with Crippen molar-refractivity contribution in [1.29, 1.82) is 0 Å². The number of hydrogen-bond donors (Lipinski definition) is 2. The molecule has 0 saturated carbocycles. The fourth-order valence-corrected chi connectivity index (χ4v) is 1.42. The third-order valence-electron chi connectivity index (χ3n) is 2.30. The lowest BCUT2D eigenvalue weighted by molar-refractivity contribution is -0.136. The lowest BCUT2D eigenvalue weighted by Crippen LogP contribution is -2.08. The summed E-state index contributed by atoms with van der Waals surface area (Å²) < 4.78 is 43.4. The number of nitrogens with one attached hydrogen (secondary N) is 1. The van der Waals surface area contributed by atoms with E-state index in [1.54, 1.807) is 6.92 Å². The minimum Gasteiger partial charge on any atom is -0.406 e. The number of aromatic nitrogens is 2. The van der Waals surface area contributed by atoms with Crippen molar-refractivity contribution in [3.8, 4) is 0 Å². The maximum atomic E-state index is 12.8. The molecule has 0 aliphatic carbocycles. The van der Waals surface area contributed by atoms with Gasteiger partial charge in [-0.2, -0.15) is 13.2 Å². The van der Waals surface area contributed by atoms with Crippen molar-refractivity contribution in [1.82, 2.24) is 10.2 Å². The summed E-state index contributed by atoms with van der Waals surface area (Å²) in [6.45, 7) is 1.63. The maximum Gasteiger partial charge on any atom is 0.418 e. The molecule has 102 valence electrons. The Kier molecular flexibility index (Phi) is 3.43. The first-order valence-corrected chi connectivity index (χ1v) is 5.40. The van der Waals surface area contributed by atoms with Crippen LogP contribution in [0.1, 0.15) is 24.4 Å². The number of rotatable bonds is 3. The first kappa shape index (κ1) is 13.3. The molecule has 1 unspecified atom stereocenters. The molecule has 1 aromatic carbocycles. The van der Waals surface area contributed by atoms with Crippen LogP contribution < -0.4 is 11.1 Å². The minimum atomic E-state index is -4.46. The second-order valence-electron chi connectivity index (χ2n) is 3.90. The Morgan fingerprint density at radius 3 is 2.53 bits per heavy atom. The van der Waals surface area contributed by atoms with Crippen LogP contribution in [0, 0.1) is 0 Å². The van der Waals surface area contributed by atoms with Gasteiger partial charge in [-0.05, 0) is 19.1 Å². The van der Waals surface area contributed by atoms with Crippen molar-refractivity contribution >= 4 is 11.7 Å². The normalized spacial score (nSPS) is 13.3. The van der Waals surface area contributed by atoms with Crippen molar-refractivity contribution in [2.75, 3.05) is 5.32 Å². The molecule has 8 heteroatoms. The maximum absolute atomic E-state index is 12.8. The molecule has 0 amide bonds. The van der Waals surface area contributed by atoms with Gasteiger partial charge in [0, 0.05) is 0 Å². The summed E-state index contributed by atoms with van der Waals surface area (Å²) in [6, 6.07) is 4.39. The first-order valence-electron chi connectivity index (χ1n) is 5.40. The van der Waals surface area contributed by atoms with Crippen molar-refractivity contribution < 1.29 is 17.6 Å². The van der Waals surface area contributed by atoms with Gasteiger partial charge >= 0.3 is 12.2 Å². The predicted octanol–water partition coefficient (Wildman–Crippen LogP) is 2.85. The van der Waals surface area contributed by atoms with Crippen molar-refractivity contribution in [2.24, 2.45) is 5.73 Å². The van der Waals surface area contributed by atoms with Gasteiger partial charge in [-0.1, -0.05) is 17.2 Å². The molecule has 1 heterocycles. The van der Waals surface area contributed by atoms with Gasteiger partial charge in [0.1, 0.15) is 0 Å². The van der Waals surface area contributed by atoms with E-state index in [2.05, 4.69) is 15.5 Å². The second-order valence-corrected chi connectivity index (χ2v) is 3.90. The van der Waals surface area contributed by atoms with Crippen LogP contribution in [0.15, 0.2) is 28.7 Å². The van der Waals surface area contributed by atoms with Gasteiger partial charge in [-0.3, -0.25) is 0 Å². The van der Waals surface area contributed by atoms with Gasteiger partial charge in [-0.15, -0.1) is 5.10 Å². The summed E-state index contributed by atoms with van der Waals surface area (Å²) in [7, 11) is 0. The molecule has 1 aromatic heterocycles. The van der Waals surface area contributed by atoms with Gasteiger partial charge in [0.25, 0.3) is 0 Å². The molecule has 0 bridgehead atoms. The minimum absolute atomic E-state index is 0.135. The highest BCUT2D eigenvalue weighted by molar-refractivity contribution is 5.58. The van der Waals surface area contributed by atoms with Crippen LogP contribution in [0.5, 0.6) is 0 Å². The molecule has 0 saturated heterocycles. The summed E-state index contributed by atoms with van der Waals surface area (Å²) in [5, 5.41) is 9.64. The van der Waals surface area contributed by atoms with Crippen molar-refractivity contribution in [2.45, 2.75) is 19.1 Å². The van der Waals surface area contributed by atoms with E-state index in [4.69, 9.17) is 10.2 Å². The molecule has 19 heavy (non-hydrogen) atoms. The topological polar surface area (TPSA) is 77.0 Å². The predicted molar refractivity (Wildman–Crippen MR) is 61.6 cm³/mol. The third kappa shape index (κ3) is 3.02. The van der Waals surface area contributed by atoms with Gasteiger partial charge in [-0.25, -0.2) is 0 Å². The highest BCUT2D eigenvalue weighted by atomic mass is 19.4. The van der Waals surface area contributed by atoms with Crippen LogP contribution in [0.3, 0.4) is 0 Å². The molecule has 0 radical (unpaired) electrons. The lowest BCUT2D eigenvalue weighted by Gasteiger charge is -2.11. The standard InChI is InChI=1S/C11H11F3N4O/c1-6(15)9-17-18-10(19-9)16-8-5-3-2-4-7(8)11(12,13)14/h2-6H,15H2,1H3,(H,16,18). The van der Waals surface area contributed by atoms with Gasteiger partial charge in [0.2, 0.25) is 5.89 Å². The summed E-state index contributed by atoms with van der Waals surface area (Å²) in [5.41, 5.74) is 4.55. The number of halogens is 3. The number of hydrogen-bond acceptors (Lipinski definition) is 5. The average Bonchev–Trinajstić information content (AvgIpc) is 2.77. The molecule has 3 N–H and O–H groups in total. The van der Waals surface area contributed by atoms with Crippen molar-refractivity contribution in [3.05, 3.63) is 35.7 Å². The average molecular weight is 272 g/mol. The molecule has 0 aliphatic rings. The third-order valence-corrected chi connectivity index (χ3v) is 2.30. The van der Waals surface area contributed by atoms with Crippen LogP contribution in [-0.4, -0.2) is 10.2 Å². The fraction of sp³-hybridized carbons (Fsp3) is 0.273. The largest absolute Gasteiger partial charge is 0.418 e. The zero-order valence-corrected chi connectivity index (χ0v) is 9.90. The van der Waals surface area contributed by atoms with E-state index in [1.807, 2.05) is 0 Å². The number of nitrogens with zero attached hydrogens (tertiary/aromatic N) is 2. The zero-order valence-electron chi connectivity index (χ0n) is 9.90. The number of nitrogens with two attached hydrogens (primary N) is 1. The Labute approximate surface area is 106 Å². The molecular weight excluding hydrogens is 261 g/mol. The fourth-order valence-electron chi connectivity index (χ4n) is 1.42. The van der Waals surface area contributed by atoms with Gasteiger partial charge < -0.3 is 15.5 Å². The molecule has 0 fully saturated rings. The Morgan fingerprint density at radius 1 is 1.26 bits per heavy atom. The summed E-state index contributed by atoms with van der Waals surface area (Å²) in [5.74, 6) is 0.145. The summed E-state index contributed by atoms with van der Waals surface area (Å²) in [6.07, 6.45) is -4.46. The Balaban J connectivity index is 2.28. The van der Waals surface area contributed by atoms with Gasteiger partial charge in [0.05, 0.1) is 17.3 Å². The second kappa shape index (κ2) is 4.88. The van der Waals surface area contributed by atoms with E-state index in [9.17, 15) is 13.2 Å². The lowest BCUT2D eigenvalue weighted by atomic mass is 10.2. The van der Waals surface area contributed by atoms with E-state index < -0.39 is 17.8 Å². The number of benzene rings is 1. The van der Waals surface area contributed by atoms with Gasteiger partial charge in [0.15, 0.2) is 0 Å². The van der Waals surface area contributed by atoms with Crippen LogP contribution in [0.25, 0.3) is 0 Å². The zero-order chi connectivity index (χ0) is 14.0. The van der Waals surface area contributed by atoms with Crippen LogP contribution in [-0.2, 0) is 6.18 Å². The highest BCUT2D eigenvalue weighted by Crippen LogP contribution is 2.35. The van der Waals surface area contributed by atoms with E-state index in [0.29, 0.717) is 0 Å². The SMILES string of the molecule is CC(N)c1nnc(Nc2ccccc2C(F)(F)F)o1. The quantitative estimate of drug-likeness (QED) is 0.898. The van der Waals surface area contributed by atoms with Crippen LogP contribution >= 0.6 is 0 Å². The molecule has 1 atom stereocenters. The van der Waals surface area contributed by atoms with E-state index in [1.165, 1.54) is 18.2 Å². The Morgan fingerprint density at radius 2 is 1.95 bits per heavy atom. The molecule has 2 rings (SSSR count). The first-order chi connectivity index (χ1) is 8.88. The summed E-state index contributed by atoms with van der Waals surface area (Å²) >= 11 is 0. The summed E-state index contributed by atoms with van der Waals surface area (Å²) in [4.78, 5) is 0. The monoisotopic (exact) mass is 272 g/mol. The molecule has 5 nitrogen and oxygen atoms in total. The number of para-hydroxylation sites is 1. The smallest absolute Gasteiger partial charge is 0.406 e. The van der Waals surface area contributed by atoms with Crippen molar-refractivity contribution in [3.63, 3.8) is 0 Å². The molecular formula is C11H11F3N4O. The van der Waals surface area contributed by atoms with Crippen LogP contribution in [0.2, 0.25) is 0 Å².